The highest BCUT2D eigenvalue weighted by Crippen LogP contribution is 2.75. The molecule has 1 spiro atoms. The maximum Gasteiger partial charge on any atom is 0.0579 e. The van der Waals surface area contributed by atoms with E-state index >= 15 is 0 Å². The lowest BCUT2D eigenvalue weighted by Gasteiger charge is -2.41. The largest absolute Gasteiger partial charge is 0.393 e. The highest BCUT2D eigenvalue weighted by Gasteiger charge is 2.70. The topological polar surface area (TPSA) is 20.2 Å². The van der Waals surface area contributed by atoms with E-state index in [1.54, 1.807) is 0 Å². The molecule has 0 amide bonds. The van der Waals surface area contributed by atoms with Gasteiger partial charge < -0.3 is 5.11 Å². The molecule has 4 aliphatic rings. The van der Waals surface area contributed by atoms with E-state index in [0.29, 0.717) is 22.2 Å². The van der Waals surface area contributed by atoms with Crippen molar-refractivity contribution in [2.24, 2.45) is 45.8 Å². The molecule has 120 valence electrons. The number of hydrogen-bond acceptors (Lipinski definition) is 1. The number of aliphatic hydroxyl groups excluding tert-OH is 1. The Hall–Kier alpha value is -0.0400. The van der Waals surface area contributed by atoms with E-state index in [0.717, 1.165) is 30.1 Å². The van der Waals surface area contributed by atoms with Crippen LogP contribution < -0.4 is 0 Å². The molecular weight excluding hydrogens is 256 g/mol. The number of rotatable bonds is 0. The van der Waals surface area contributed by atoms with E-state index in [2.05, 4.69) is 34.6 Å². The number of fused-ring (bicyclic) bond motifs is 4. The van der Waals surface area contributed by atoms with Crippen LogP contribution in [0.4, 0.5) is 0 Å². The second kappa shape index (κ2) is 4.08. The first kappa shape index (κ1) is 14.5. The summed E-state index contributed by atoms with van der Waals surface area (Å²) >= 11 is 0. The zero-order valence-corrected chi connectivity index (χ0v) is 14.7. The molecule has 0 heterocycles. The van der Waals surface area contributed by atoms with Gasteiger partial charge >= 0.3 is 0 Å². The highest BCUT2D eigenvalue weighted by atomic mass is 16.3. The Morgan fingerprint density at radius 2 is 1.52 bits per heavy atom. The minimum absolute atomic E-state index is 0.0257. The lowest BCUT2D eigenvalue weighted by atomic mass is 9.64. The lowest BCUT2D eigenvalue weighted by Crippen LogP contribution is -2.35. The Kier molecular flexibility index (Phi) is 2.82. The standard InChI is InChI=1S/C20H34O/c1-12-6-7-13(2)20(12)11-15(21)16-14(20)10-19(5)9-8-18(3,4)17(16)19/h12-17,21H,6-11H2,1-5H3/t12-,13+,14-,15+,16+,17-,19-,20?/m1/s1. The predicted molar refractivity (Wildman–Crippen MR) is 86.8 cm³/mol. The van der Waals surface area contributed by atoms with Crippen LogP contribution in [0.15, 0.2) is 0 Å². The Morgan fingerprint density at radius 3 is 2.14 bits per heavy atom. The van der Waals surface area contributed by atoms with E-state index in [9.17, 15) is 5.11 Å². The minimum atomic E-state index is -0.0257. The predicted octanol–water partition coefficient (Wildman–Crippen LogP) is 4.88. The van der Waals surface area contributed by atoms with Gasteiger partial charge in [0.25, 0.3) is 0 Å². The second-order valence-electron chi connectivity index (χ2n) is 10.3. The third-order valence-corrected chi connectivity index (χ3v) is 9.03. The van der Waals surface area contributed by atoms with Gasteiger partial charge in [0.1, 0.15) is 0 Å². The van der Waals surface area contributed by atoms with Crippen LogP contribution >= 0.6 is 0 Å². The SMILES string of the molecule is C[C@@H]1CC[C@H](C)C12C[C@H](O)[C@@H]1[C@H]2C[C@@]2(C)CCC(C)(C)[C@@H]12. The number of hydrogen-bond donors (Lipinski definition) is 1. The number of aliphatic hydroxyl groups is 1. The third kappa shape index (κ3) is 1.57. The van der Waals surface area contributed by atoms with Crippen molar-refractivity contribution in [3.8, 4) is 0 Å². The molecule has 4 rings (SSSR count). The van der Waals surface area contributed by atoms with E-state index in [1.807, 2.05) is 0 Å². The van der Waals surface area contributed by atoms with Gasteiger partial charge in [0, 0.05) is 0 Å². The molecule has 1 N–H and O–H groups in total. The monoisotopic (exact) mass is 290 g/mol. The molecule has 0 saturated heterocycles. The average molecular weight is 290 g/mol. The molecule has 4 aliphatic carbocycles. The van der Waals surface area contributed by atoms with Crippen LogP contribution in [0, 0.1) is 45.8 Å². The fourth-order valence-corrected chi connectivity index (χ4v) is 8.29. The van der Waals surface area contributed by atoms with Gasteiger partial charge in [-0.1, -0.05) is 34.6 Å². The van der Waals surface area contributed by atoms with Crippen LogP contribution in [0.2, 0.25) is 0 Å². The van der Waals surface area contributed by atoms with Gasteiger partial charge in [-0.2, -0.15) is 0 Å². The van der Waals surface area contributed by atoms with Gasteiger partial charge in [-0.05, 0) is 84.4 Å². The molecule has 0 radical (unpaired) electrons. The molecule has 0 aromatic heterocycles. The summed E-state index contributed by atoms with van der Waals surface area (Å²) in [6.45, 7) is 12.5. The summed E-state index contributed by atoms with van der Waals surface area (Å²) in [5.41, 5.74) is 1.41. The third-order valence-electron chi connectivity index (χ3n) is 9.03. The summed E-state index contributed by atoms with van der Waals surface area (Å²) in [6.07, 6.45) is 8.02. The van der Waals surface area contributed by atoms with Gasteiger partial charge in [0.15, 0.2) is 0 Å². The summed E-state index contributed by atoms with van der Waals surface area (Å²) < 4.78 is 0. The van der Waals surface area contributed by atoms with Crippen LogP contribution in [0.3, 0.4) is 0 Å². The summed E-state index contributed by atoms with van der Waals surface area (Å²) in [5, 5.41) is 11.1. The van der Waals surface area contributed by atoms with Crippen molar-refractivity contribution in [1.82, 2.24) is 0 Å². The average Bonchev–Trinajstić information content (AvgIpc) is 3.01. The molecule has 4 fully saturated rings. The molecule has 4 saturated carbocycles. The van der Waals surface area contributed by atoms with Crippen LogP contribution in [-0.2, 0) is 0 Å². The Morgan fingerprint density at radius 1 is 0.905 bits per heavy atom. The first-order valence-corrected chi connectivity index (χ1v) is 9.40. The molecule has 0 bridgehead atoms. The first-order chi connectivity index (χ1) is 9.72. The molecule has 1 nitrogen and oxygen atoms in total. The summed E-state index contributed by atoms with van der Waals surface area (Å²) in [6, 6.07) is 0. The first-order valence-electron chi connectivity index (χ1n) is 9.40. The molecule has 1 heteroatoms. The lowest BCUT2D eigenvalue weighted by molar-refractivity contribution is 0.0375. The normalized spacial score (nSPS) is 61.4. The maximum atomic E-state index is 11.1. The molecule has 8 atom stereocenters. The Bertz CT molecular complexity index is 443. The van der Waals surface area contributed by atoms with Crippen molar-refractivity contribution < 1.29 is 5.11 Å². The smallest absolute Gasteiger partial charge is 0.0579 e. The maximum absolute atomic E-state index is 11.1. The van der Waals surface area contributed by atoms with Gasteiger partial charge in [-0.3, -0.25) is 0 Å². The van der Waals surface area contributed by atoms with Crippen molar-refractivity contribution >= 4 is 0 Å². The van der Waals surface area contributed by atoms with Crippen LogP contribution in [0.25, 0.3) is 0 Å². The molecule has 1 unspecified atom stereocenters. The fourth-order valence-electron chi connectivity index (χ4n) is 8.29. The van der Waals surface area contributed by atoms with Gasteiger partial charge in [0.05, 0.1) is 6.10 Å². The van der Waals surface area contributed by atoms with Crippen molar-refractivity contribution in [2.45, 2.75) is 79.2 Å². The molecular formula is C20H34O. The zero-order chi connectivity index (χ0) is 15.2. The summed E-state index contributed by atoms with van der Waals surface area (Å²) in [7, 11) is 0. The van der Waals surface area contributed by atoms with Gasteiger partial charge in [-0.25, -0.2) is 0 Å². The molecule has 0 aromatic rings. The van der Waals surface area contributed by atoms with Crippen molar-refractivity contribution in [3.63, 3.8) is 0 Å². The Labute approximate surface area is 130 Å². The van der Waals surface area contributed by atoms with Crippen LogP contribution in [0.1, 0.15) is 73.1 Å². The molecule has 0 aliphatic heterocycles. The quantitative estimate of drug-likeness (QED) is 0.674. The van der Waals surface area contributed by atoms with Crippen LogP contribution in [0.5, 0.6) is 0 Å². The highest BCUT2D eigenvalue weighted by molar-refractivity contribution is 5.19. The Balaban J connectivity index is 1.78. The van der Waals surface area contributed by atoms with Gasteiger partial charge in [0.2, 0.25) is 0 Å². The van der Waals surface area contributed by atoms with E-state index < -0.39 is 0 Å². The van der Waals surface area contributed by atoms with E-state index in [-0.39, 0.29) is 6.10 Å². The van der Waals surface area contributed by atoms with E-state index in [4.69, 9.17) is 0 Å². The minimum Gasteiger partial charge on any atom is -0.393 e. The fraction of sp³-hybridized carbons (Fsp3) is 1.00. The zero-order valence-electron chi connectivity index (χ0n) is 14.7. The second-order valence-corrected chi connectivity index (χ2v) is 10.3. The van der Waals surface area contributed by atoms with E-state index in [1.165, 1.54) is 32.1 Å². The van der Waals surface area contributed by atoms with Gasteiger partial charge in [-0.15, -0.1) is 0 Å². The van der Waals surface area contributed by atoms with Crippen LogP contribution in [-0.4, -0.2) is 11.2 Å². The summed E-state index contributed by atoms with van der Waals surface area (Å²) in [5.74, 6) is 3.79. The van der Waals surface area contributed by atoms with Crippen molar-refractivity contribution in [3.05, 3.63) is 0 Å². The molecule has 21 heavy (non-hydrogen) atoms. The summed E-state index contributed by atoms with van der Waals surface area (Å²) in [4.78, 5) is 0. The van der Waals surface area contributed by atoms with Crippen molar-refractivity contribution in [2.75, 3.05) is 0 Å². The molecule has 0 aromatic carbocycles. The van der Waals surface area contributed by atoms with Crippen molar-refractivity contribution in [1.29, 1.82) is 0 Å².